The summed E-state index contributed by atoms with van der Waals surface area (Å²) >= 11 is 0. The number of hydrogen-bond donors (Lipinski definition) is 1. The second-order valence-corrected chi connectivity index (χ2v) is 3.65. The lowest BCUT2D eigenvalue weighted by Crippen LogP contribution is -2.43. The SMILES string of the molecule is COc1c(F)ccc(N2CCNCC2)c1F. The topological polar surface area (TPSA) is 24.5 Å². The third-order valence-electron chi connectivity index (χ3n) is 2.69. The summed E-state index contributed by atoms with van der Waals surface area (Å²) in [6, 6.07) is 2.69. The minimum atomic E-state index is -0.668. The number of benzene rings is 1. The predicted molar refractivity (Wildman–Crippen MR) is 58.0 cm³/mol. The molecule has 0 spiro atoms. The summed E-state index contributed by atoms with van der Waals surface area (Å²) in [5.41, 5.74) is 0.403. The maximum atomic E-state index is 13.9. The molecule has 1 aromatic carbocycles. The van der Waals surface area contributed by atoms with Crippen LogP contribution in [0.25, 0.3) is 0 Å². The van der Waals surface area contributed by atoms with Gasteiger partial charge < -0.3 is 15.0 Å². The zero-order valence-corrected chi connectivity index (χ0v) is 9.09. The second kappa shape index (κ2) is 4.65. The largest absolute Gasteiger partial charge is 0.491 e. The molecule has 0 unspecified atom stereocenters. The van der Waals surface area contributed by atoms with Gasteiger partial charge in [0.05, 0.1) is 12.8 Å². The maximum absolute atomic E-state index is 13.9. The van der Waals surface area contributed by atoms with Crippen LogP contribution in [0.15, 0.2) is 12.1 Å². The van der Waals surface area contributed by atoms with Crippen LogP contribution in [0.5, 0.6) is 5.75 Å². The number of nitrogens with zero attached hydrogens (tertiary/aromatic N) is 1. The Balaban J connectivity index is 2.33. The summed E-state index contributed by atoms with van der Waals surface area (Å²) in [7, 11) is 1.27. The van der Waals surface area contributed by atoms with Crippen molar-refractivity contribution in [2.75, 3.05) is 38.2 Å². The Morgan fingerprint density at radius 1 is 1.25 bits per heavy atom. The molecule has 88 valence electrons. The molecular formula is C11H14F2N2O. The van der Waals surface area contributed by atoms with E-state index in [9.17, 15) is 8.78 Å². The smallest absolute Gasteiger partial charge is 0.192 e. The van der Waals surface area contributed by atoms with E-state index in [1.807, 2.05) is 4.90 Å². The minimum absolute atomic E-state index is 0.309. The normalized spacial score (nSPS) is 16.3. The highest BCUT2D eigenvalue weighted by Crippen LogP contribution is 2.30. The summed E-state index contributed by atoms with van der Waals surface area (Å²) < 4.78 is 31.8. The number of piperazine rings is 1. The average molecular weight is 228 g/mol. The fourth-order valence-corrected chi connectivity index (χ4v) is 1.86. The molecule has 1 N–H and O–H groups in total. The van der Waals surface area contributed by atoms with Gasteiger partial charge in [0.1, 0.15) is 0 Å². The minimum Gasteiger partial charge on any atom is -0.491 e. The Hall–Kier alpha value is -1.36. The number of ether oxygens (including phenoxy) is 1. The average Bonchev–Trinajstić information content (AvgIpc) is 2.31. The molecule has 0 atom stereocenters. The first-order valence-corrected chi connectivity index (χ1v) is 5.21. The Morgan fingerprint density at radius 3 is 2.56 bits per heavy atom. The van der Waals surface area contributed by atoms with Crippen LogP contribution in [-0.4, -0.2) is 33.3 Å². The lowest BCUT2D eigenvalue weighted by atomic mass is 10.2. The summed E-state index contributed by atoms with van der Waals surface area (Å²) in [4.78, 5) is 1.88. The predicted octanol–water partition coefficient (Wildman–Crippen LogP) is 1.38. The summed E-state index contributed by atoms with van der Waals surface area (Å²) in [6.45, 7) is 3.04. The molecule has 0 amide bonds. The van der Waals surface area contributed by atoms with Crippen molar-refractivity contribution >= 4 is 5.69 Å². The first kappa shape index (κ1) is 11.1. The molecule has 0 aromatic heterocycles. The van der Waals surface area contributed by atoms with Crippen LogP contribution >= 0.6 is 0 Å². The highest BCUT2D eigenvalue weighted by atomic mass is 19.1. The van der Waals surface area contributed by atoms with Crippen molar-refractivity contribution in [2.24, 2.45) is 0 Å². The molecule has 3 nitrogen and oxygen atoms in total. The first-order valence-electron chi connectivity index (χ1n) is 5.21. The van der Waals surface area contributed by atoms with Crippen LogP contribution in [0, 0.1) is 11.6 Å². The zero-order valence-electron chi connectivity index (χ0n) is 9.09. The van der Waals surface area contributed by atoms with E-state index in [0.717, 1.165) is 13.1 Å². The van der Waals surface area contributed by atoms with E-state index in [1.165, 1.54) is 19.2 Å². The number of halogens is 2. The van der Waals surface area contributed by atoms with E-state index in [0.29, 0.717) is 18.8 Å². The van der Waals surface area contributed by atoms with Crippen molar-refractivity contribution in [1.29, 1.82) is 0 Å². The number of methoxy groups -OCH3 is 1. The molecule has 2 rings (SSSR count). The molecule has 1 aromatic rings. The molecule has 1 saturated heterocycles. The second-order valence-electron chi connectivity index (χ2n) is 3.65. The summed E-state index contributed by atoms with van der Waals surface area (Å²) in [6.07, 6.45) is 0. The number of rotatable bonds is 2. The molecule has 0 saturated carbocycles. The van der Waals surface area contributed by atoms with E-state index in [4.69, 9.17) is 4.74 Å². The van der Waals surface area contributed by atoms with Crippen molar-refractivity contribution in [2.45, 2.75) is 0 Å². The summed E-state index contributed by atoms with van der Waals surface area (Å²) in [5, 5.41) is 3.17. The quantitative estimate of drug-likeness (QED) is 0.827. The number of anilines is 1. The van der Waals surface area contributed by atoms with Gasteiger partial charge >= 0.3 is 0 Å². The van der Waals surface area contributed by atoms with Crippen LogP contribution in [-0.2, 0) is 0 Å². The molecule has 0 radical (unpaired) electrons. The maximum Gasteiger partial charge on any atom is 0.192 e. The zero-order chi connectivity index (χ0) is 11.5. The van der Waals surface area contributed by atoms with Crippen LogP contribution in [0.1, 0.15) is 0 Å². The Morgan fingerprint density at radius 2 is 1.94 bits per heavy atom. The van der Waals surface area contributed by atoms with Gasteiger partial charge in [-0.15, -0.1) is 0 Å². The Kier molecular flexibility index (Phi) is 3.24. The lowest BCUT2D eigenvalue weighted by Gasteiger charge is -2.30. The molecular weight excluding hydrogens is 214 g/mol. The molecule has 1 aliphatic rings. The molecule has 16 heavy (non-hydrogen) atoms. The third-order valence-corrected chi connectivity index (χ3v) is 2.69. The lowest BCUT2D eigenvalue weighted by molar-refractivity contribution is 0.359. The van der Waals surface area contributed by atoms with Crippen molar-refractivity contribution in [3.63, 3.8) is 0 Å². The fourth-order valence-electron chi connectivity index (χ4n) is 1.86. The third kappa shape index (κ3) is 1.95. The van der Waals surface area contributed by atoms with Gasteiger partial charge in [-0.05, 0) is 12.1 Å². The van der Waals surface area contributed by atoms with E-state index < -0.39 is 11.6 Å². The van der Waals surface area contributed by atoms with E-state index in [2.05, 4.69) is 5.32 Å². The Labute approximate surface area is 93.0 Å². The highest BCUT2D eigenvalue weighted by molar-refractivity contribution is 5.53. The van der Waals surface area contributed by atoms with E-state index >= 15 is 0 Å². The number of hydrogen-bond acceptors (Lipinski definition) is 3. The van der Waals surface area contributed by atoms with Gasteiger partial charge in [0.2, 0.25) is 0 Å². The van der Waals surface area contributed by atoms with E-state index in [1.54, 1.807) is 0 Å². The van der Waals surface area contributed by atoms with Crippen LogP contribution in [0.4, 0.5) is 14.5 Å². The monoisotopic (exact) mass is 228 g/mol. The van der Waals surface area contributed by atoms with Crippen LogP contribution < -0.4 is 15.0 Å². The molecule has 1 fully saturated rings. The first-order chi connectivity index (χ1) is 7.74. The van der Waals surface area contributed by atoms with Gasteiger partial charge in [0.25, 0.3) is 0 Å². The molecule has 0 aliphatic carbocycles. The van der Waals surface area contributed by atoms with E-state index in [-0.39, 0.29) is 5.75 Å². The highest BCUT2D eigenvalue weighted by Gasteiger charge is 2.19. The van der Waals surface area contributed by atoms with Crippen molar-refractivity contribution in [3.8, 4) is 5.75 Å². The Bertz CT molecular complexity index is 378. The number of nitrogens with one attached hydrogen (secondary N) is 1. The van der Waals surface area contributed by atoms with Gasteiger partial charge in [-0.2, -0.15) is 0 Å². The molecule has 0 bridgehead atoms. The fraction of sp³-hybridized carbons (Fsp3) is 0.455. The van der Waals surface area contributed by atoms with Crippen LogP contribution in [0.3, 0.4) is 0 Å². The molecule has 5 heteroatoms. The van der Waals surface area contributed by atoms with Gasteiger partial charge in [0, 0.05) is 26.2 Å². The van der Waals surface area contributed by atoms with Gasteiger partial charge in [-0.3, -0.25) is 0 Å². The van der Waals surface area contributed by atoms with Gasteiger partial charge in [0.15, 0.2) is 17.4 Å². The van der Waals surface area contributed by atoms with Crippen molar-refractivity contribution in [1.82, 2.24) is 5.32 Å². The van der Waals surface area contributed by atoms with Gasteiger partial charge in [-0.1, -0.05) is 0 Å². The molecule has 1 heterocycles. The van der Waals surface area contributed by atoms with Crippen LogP contribution in [0.2, 0.25) is 0 Å². The van der Waals surface area contributed by atoms with Gasteiger partial charge in [-0.25, -0.2) is 8.78 Å². The van der Waals surface area contributed by atoms with Crippen molar-refractivity contribution < 1.29 is 13.5 Å². The van der Waals surface area contributed by atoms with Crippen molar-refractivity contribution in [3.05, 3.63) is 23.8 Å². The summed E-state index contributed by atoms with van der Waals surface area (Å²) in [5.74, 6) is -1.60. The standard InChI is InChI=1S/C11H14F2N2O/c1-16-11-8(12)2-3-9(10(11)13)15-6-4-14-5-7-15/h2-3,14H,4-7H2,1H3. The molecule has 1 aliphatic heterocycles.